The fourth-order valence-electron chi connectivity index (χ4n) is 2.19. The van der Waals surface area contributed by atoms with Gasteiger partial charge in [0, 0.05) is 18.5 Å². The summed E-state index contributed by atoms with van der Waals surface area (Å²) < 4.78 is 4.62. The van der Waals surface area contributed by atoms with E-state index in [9.17, 15) is 4.79 Å². The van der Waals surface area contributed by atoms with Crippen LogP contribution in [0.5, 0.6) is 0 Å². The van der Waals surface area contributed by atoms with Crippen LogP contribution < -0.4 is 5.32 Å². The second kappa shape index (κ2) is 7.45. The molecule has 1 aliphatic heterocycles. The molecule has 0 atom stereocenters. The summed E-state index contributed by atoms with van der Waals surface area (Å²) in [6.07, 6.45) is 4.26. The van der Waals surface area contributed by atoms with E-state index in [4.69, 9.17) is 0 Å². The van der Waals surface area contributed by atoms with Crippen LogP contribution in [0.2, 0.25) is 0 Å². The number of thiazole rings is 1. The largest absolute Gasteiger partial charge is 0.469 e. The first-order chi connectivity index (χ1) is 9.28. The van der Waals surface area contributed by atoms with Crippen LogP contribution in [0.1, 0.15) is 25.0 Å². The number of hydrogen-bond donors (Lipinski definition) is 1. The van der Waals surface area contributed by atoms with E-state index in [1.807, 2.05) is 5.38 Å². The SMILES string of the molecule is COC(=O)Cc1csc(NCCN2CCCCC2)n1. The molecule has 0 aromatic carbocycles. The van der Waals surface area contributed by atoms with Crippen LogP contribution in [0, 0.1) is 0 Å². The lowest BCUT2D eigenvalue weighted by Crippen LogP contribution is -2.33. The third kappa shape index (κ3) is 4.80. The predicted molar refractivity (Wildman–Crippen MR) is 76.6 cm³/mol. The minimum absolute atomic E-state index is 0.245. The summed E-state index contributed by atoms with van der Waals surface area (Å²) in [5.74, 6) is -0.245. The number of aromatic nitrogens is 1. The van der Waals surface area contributed by atoms with Crippen molar-refractivity contribution >= 4 is 22.4 Å². The number of carbonyl (C=O) groups is 1. The van der Waals surface area contributed by atoms with Gasteiger partial charge in [0.1, 0.15) is 0 Å². The van der Waals surface area contributed by atoms with Crippen molar-refractivity contribution in [2.75, 3.05) is 38.6 Å². The molecule has 1 N–H and O–H groups in total. The number of hydrogen-bond acceptors (Lipinski definition) is 6. The molecule has 106 valence electrons. The van der Waals surface area contributed by atoms with Crippen LogP contribution in [0.3, 0.4) is 0 Å². The molecular weight excluding hydrogens is 262 g/mol. The average Bonchev–Trinajstić information content (AvgIpc) is 2.87. The Labute approximate surface area is 118 Å². The molecule has 1 aromatic rings. The van der Waals surface area contributed by atoms with Crippen molar-refractivity contribution in [3.8, 4) is 0 Å². The summed E-state index contributed by atoms with van der Waals surface area (Å²) in [7, 11) is 1.40. The Morgan fingerprint density at radius 3 is 3.00 bits per heavy atom. The standard InChI is InChI=1S/C13H21N3O2S/c1-18-12(17)9-11-10-19-13(15-11)14-5-8-16-6-3-2-4-7-16/h10H,2-9H2,1H3,(H,14,15). The Kier molecular flexibility index (Phi) is 5.60. The average molecular weight is 283 g/mol. The molecule has 0 radical (unpaired) electrons. The molecule has 1 fully saturated rings. The van der Waals surface area contributed by atoms with Gasteiger partial charge >= 0.3 is 5.97 Å². The van der Waals surface area contributed by atoms with Crippen LogP contribution >= 0.6 is 11.3 Å². The highest BCUT2D eigenvalue weighted by Crippen LogP contribution is 2.16. The van der Waals surface area contributed by atoms with Gasteiger partial charge in [-0.25, -0.2) is 4.98 Å². The lowest BCUT2D eigenvalue weighted by Gasteiger charge is -2.26. The molecule has 2 rings (SSSR count). The minimum Gasteiger partial charge on any atom is -0.469 e. The van der Waals surface area contributed by atoms with Gasteiger partial charge in [0.2, 0.25) is 0 Å². The topological polar surface area (TPSA) is 54.5 Å². The van der Waals surface area contributed by atoms with Gasteiger partial charge in [0.05, 0.1) is 19.2 Å². The fourth-order valence-corrected chi connectivity index (χ4v) is 2.93. The van der Waals surface area contributed by atoms with Gasteiger partial charge in [0.25, 0.3) is 0 Å². The summed E-state index contributed by atoms with van der Waals surface area (Å²) in [6.45, 7) is 4.40. The molecule has 0 amide bonds. The van der Waals surface area contributed by atoms with Crippen molar-refractivity contribution in [3.63, 3.8) is 0 Å². The van der Waals surface area contributed by atoms with E-state index in [1.54, 1.807) is 11.3 Å². The zero-order valence-corrected chi connectivity index (χ0v) is 12.2. The first kappa shape index (κ1) is 14.3. The van der Waals surface area contributed by atoms with Gasteiger partial charge in [-0.1, -0.05) is 6.42 Å². The molecule has 1 aromatic heterocycles. The van der Waals surface area contributed by atoms with Crippen LogP contribution in [-0.4, -0.2) is 49.1 Å². The normalized spacial score (nSPS) is 16.3. The maximum atomic E-state index is 11.1. The van der Waals surface area contributed by atoms with Crippen molar-refractivity contribution in [1.82, 2.24) is 9.88 Å². The van der Waals surface area contributed by atoms with E-state index in [1.165, 1.54) is 39.5 Å². The third-order valence-electron chi connectivity index (χ3n) is 3.26. The Bertz CT molecular complexity index is 402. The van der Waals surface area contributed by atoms with Crippen molar-refractivity contribution in [1.29, 1.82) is 0 Å². The smallest absolute Gasteiger partial charge is 0.311 e. The number of rotatable bonds is 6. The number of carbonyl (C=O) groups excluding carboxylic acids is 1. The van der Waals surface area contributed by atoms with E-state index in [2.05, 4.69) is 19.9 Å². The van der Waals surface area contributed by atoms with Crippen molar-refractivity contribution < 1.29 is 9.53 Å². The van der Waals surface area contributed by atoms with E-state index in [-0.39, 0.29) is 12.4 Å². The summed E-state index contributed by atoms with van der Waals surface area (Å²) >= 11 is 1.54. The monoisotopic (exact) mass is 283 g/mol. The maximum absolute atomic E-state index is 11.1. The highest BCUT2D eigenvalue weighted by atomic mass is 32.1. The van der Waals surface area contributed by atoms with Gasteiger partial charge in [-0.2, -0.15) is 0 Å². The van der Waals surface area contributed by atoms with Gasteiger partial charge in [0.15, 0.2) is 5.13 Å². The molecule has 0 bridgehead atoms. The number of esters is 1. The Morgan fingerprint density at radius 1 is 1.47 bits per heavy atom. The number of nitrogens with zero attached hydrogens (tertiary/aromatic N) is 2. The molecule has 1 saturated heterocycles. The van der Waals surface area contributed by atoms with E-state index in [0.29, 0.717) is 0 Å². The van der Waals surface area contributed by atoms with Crippen molar-refractivity contribution in [2.45, 2.75) is 25.7 Å². The molecule has 6 heteroatoms. The Hall–Kier alpha value is -1.14. The van der Waals surface area contributed by atoms with Gasteiger partial charge in [-0.3, -0.25) is 4.79 Å². The van der Waals surface area contributed by atoms with Crippen LogP contribution in [0.4, 0.5) is 5.13 Å². The van der Waals surface area contributed by atoms with Crippen LogP contribution in [0.15, 0.2) is 5.38 Å². The highest BCUT2D eigenvalue weighted by molar-refractivity contribution is 7.13. The lowest BCUT2D eigenvalue weighted by molar-refractivity contribution is -0.139. The fraction of sp³-hybridized carbons (Fsp3) is 0.692. The second-order valence-electron chi connectivity index (χ2n) is 4.73. The highest BCUT2D eigenvalue weighted by Gasteiger charge is 2.10. The molecule has 0 saturated carbocycles. The summed E-state index contributed by atoms with van der Waals surface area (Å²) in [5, 5.41) is 6.11. The lowest BCUT2D eigenvalue weighted by atomic mass is 10.1. The van der Waals surface area contributed by atoms with Crippen molar-refractivity contribution in [2.24, 2.45) is 0 Å². The first-order valence-corrected chi connectivity index (χ1v) is 7.63. The Morgan fingerprint density at radius 2 is 2.26 bits per heavy atom. The maximum Gasteiger partial charge on any atom is 0.311 e. The first-order valence-electron chi connectivity index (χ1n) is 6.75. The van der Waals surface area contributed by atoms with Gasteiger partial charge in [-0.15, -0.1) is 11.3 Å². The predicted octanol–water partition coefficient (Wildman–Crippen LogP) is 1.76. The van der Waals surface area contributed by atoms with Crippen LogP contribution in [0.25, 0.3) is 0 Å². The zero-order chi connectivity index (χ0) is 13.5. The molecular formula is C13H21N3O2S. The Balaban J connectivity index is 1.69. The molecule has 0 aliphatic carbocycles. The van der Waals surface area contributed by atoms with E-state index >= 15 is 0 Å². The van der Waals surface area contributed by atoms with Crippen molar-refractivity contribution in [3.05, 3.63) is 11.1 Å². The molecule has 5 nitrogen and oxygen atoms in total. The van der Waals surface area contributed by atoms with E-state index < -0.39 is 0 Å². The van der Waals surface area contributed by atoms with Gasteiger partial charge in [-0.05, 0) is 25.9 Å². The molecule has 19 heavy (non-hydrogen) atoms. The molecule has 2 heterocycles. The molecule has 1 aliphatic rings. The quantitative estimate of drug-likeness (QED) is 0.806. The molecule has 0 unspecified atom stereocenters. The summed E-state index contributed by atoms with van der Waals surface area (Å²) in [4.78, 5) is 18.0. The second-order valence-corrected chi connectivity index (χ2v) is 5.58. The van der Waals surface area contributed by atoms with Crippen LogP contribution in [-0.2, 0) is 16.0 Å². The van der Waals surface area contributed by atoms with E-state index in [0.717, 1.165) is 23.9 Å². The molecule has 0 spiro atoms. The number of methoxy groups -OCH3 is 1. The number of nitrogens with one attached hydrogen (secondary N) is 1. The number of likely N-dealkylation sites (tertiary alicyclic amines) is 1. The number of anilines is 1. The summed E-state index contributed by atoms with van der Waals surface area (Å²) in [5.41, 5.74) is 0.775. The number of piperidine rings is 1. The third-order valence-corrected chi connectivity index (χ3v) is 4.11. The van der Waals surface area contributed by atoms with Gasteiger partial charge < -0.3 is 15.0 Å². The summed E-state index contributed by atoms with van der Waals surface area (Å²) in [6, 6.07) is 0. The zero-order valence-electron chi connectivity index (χ0n) is 11.4. The number of ether oxygens (including phenoxy) is 1. The minimum atomic E-state index is -0.245.